The molecule has 2 rings (SSSR count). The van der Waals surface area contributed by atoms with Gasteiger partial charge in [-0.2, -0.15) is 0 Å². The molecule has 0 spiro atoms. The minimum atomic E-state index is -0.0549. The Morgan fingerprint density at radius 2 is 2.04 bits per heavy atom. The highest BCUT2D eigenvalue weighted by molar-refractivity contribution is 14.0. The van der Waals surface area contributed by atoms with Crippen LogP contribution in [0.1, 0.15) is 28.8 Å². The number of carbonyl (C=O) groups excluding carboxylic acids is 1. The van der Waals surface area contributed by atoms with Crippen molar-refractivity contribution < 1.29 is 4.79 Å². The lowest BCUT2D eigenvalue weighted by Gasteiger charge is -2.16. The first-order chi connectivity index (χ1) is 11.0. The Hall–Kier alpha value is -1.35. The molecule has 7 heteroatoms. The smallest absolute Gasteiger partial charge is 0.251 e. The molecule has 1 aliphatic rings. The van der Waals surface area contributed by atoms with Gasteiger partial charge < -0.3 is 20.9 Å². The molecule has 1 amide bonds. The second-order valence-electron chi connectivity index (χ2n) is 6.28. The van der Waals surface area contributed by atoms with Gasteiger partial charge in [0, 0.05) is 31.7 Å². The summed E-state index contributed by atoms with van der Waals surface area (Å²) < 4.78 is 0. The number of nitrogens with one attached hydrogen (secondary N) is 1. The summed E-state index contributed by atoms with van der Waals surface area (Å²) in [5, 5.41) is 2.91. The first-order valence-corrected chi connectivity index (χ1v) is 8.02. The molecule has 0 unspecified atom stereocenters. The number of benzene rings is 1. The van der Waals surface area contributed by atoms with Gasteiger partial charge in [0.2, 0.25) is 0 Å². The molecule has 0 bridgehead atoms. The molecule has 6 nitrogen and oxygen atoms in total. The zero-order valence-electron chi connectivity index (χ0n) is 14.7. The lowest BCUT2D eigenvalue weighted by atomic mass is 10.1. The van der Waals surface area contributed by atoms with Crippen molar-refractivity contribution in [2.75, 3.05) is 34.2 Å². The SMILES string of the molecule is CN(C)CCNC(=O)c1cccc(CN=C(N)N(C)C2CC2)c1.I. The first-order valence-electron chi connectivity index (χ1n) is 8.02. The fourth-order valence-corrected chi connectivity index (χ4v) is 2.24. The lowest BCUT2D eigenvalue weighted by molar-refractivity contribution is 0.0951. The highest BCUT2D eigenvalue weighted by atomic mass is 127. The summed E-state index contributed by atoms with van der Waals surface area (Å²) in [5.74, 6) is 0.508. The molecule has 0 saturated heterocycles. The van der Waals surface area contributed by atoms with E-state index in [1.165, 1.54) is 12.8 Å². The van der Waals surface area contributed by atoms with Gasteiger partial charge in [0.1, 0.15) is 0 Å². The van der Waals surface area contributed by atoms with Crippen LogP contribution < -0.4 is 11.1 Å². The van der Waals surface area contributed by atoms with Gasteiger partial charge in [-0.05, 0) is 44.6 Å². The normalized spacial score (nSPS) is 14.2. The largest absolute Gasteiger partial charge is 0.370 e. The first kappa shape index (κ1) is 20.7. The molecule has 0 aromatic heterocycles. The number of hydrogen-bond donors (Lipinski definition) is 2. The summed E-state index contributed by atoms with van der Waals surface area (Å²) in [4.78, 5) is 20.6. The zero-order chi connectivity index (χ0) is 16.8. The maximum atomic E-state index is 12.1. The monoisotopic (exact) mass is 445 g/mol. The molecular formula is C17H28IN5O. The van der Waals surface area contributed by atoms with Gasteiger partial charge in [-0.15, -0.1) is 24.0 Å². The Morgan fingerprint density at radius 1 is 1.33 bits per heavy atom. The Morgan fingerprint density at radius 3 is 2.67 bits per heavy atom. The Kier molecular flexibility index (Phi) is 8.47. The molecule has 24 heavy (non-hydrogen) atoms. The summed E-state index contributed by atoms with van der Waals surface area (Å²) in [6.45, 7) is 1.94. The van der Waals surface area contributed by atoms with Gasteiger partial charge in [-0.1, -0.05) is 12.1 Å². The minimum Gasteiger partial charge on any atom is -0.370 e. The van der Waals surface area contributed by atoms with Crippen LogP contribution in [-0.2, 0) is 6.54 Å². The van der Waals surface area contributed by atoms with Crippen molar-refractivity contribution in [2.24, 2.45) is 10.7 Å². The maximum absolute atomic E-state index is 12.1. The Bertz CT molecular complexity index is 572. The van der Waals surface area contributed by atoms with Crippen molar-refractivity contribution in [3.8, 4) is 0 Å². The van der Waals surface area contributed by atoms with E-state index in [0.717, 1.165) is 12.1 Å². The van der Waals surface area contributed by atoms with Crippen molar-refractivity contribution in [3.63, 3.8) is 0 Å². The van der Waals surface area contributed by atoms with E-state index in [9.17, 15) is 4.79 Å². The third-order valence-corrected chi connectivity index (χ3v) is 3.91. The predicted molar refractivity (Wildman–Crippen MR) is 109 cm³/mol. The molecule has 1 aromatic carbocycles. The number of halogens is 1. The molecule has 1 aliphatic carbocycles. The number of hydrogen-bond acceptors (Lipinski definition) is 3. The molecular weight excluding hydrogens is 417 g/mol. The number of guanidine groups is 1. The summed E-state index contributed by atoms with van der Waals surface area (Å²) >= 11 is 0. The number of rotatable bonds is 7. The van der Waals surface area contributed by atoms with Crippen LogP contribution in [0.25, 0.3) is 0 Å². The third kappa shape index (κ3) is 6.64. The predicted octanol–water partition coefficient (Wildman–Crippen LogP) is 1.50. The van der Waals surface area contributed by atoms with Crippen LogP contribution >= 0.6 is 24.0 Å². The summed E-state index contributed by atoms with van der Waals surface area (Å²) in [6, 6.07) is 8.08. The maximum Gasteiger partial charge on any atom is 0.251 e. The van der Waals surface area contributed by atoms with Crippen molar-refractivity contribution in [1.29, 1.82) is 0 Å². The average Bonchev–Trinajstić information content (AvgIpc) is 3.36. The van der Waals surface area contributed by atoms with Crippen molar-refractivity contribution in [2.45, 2.75) is 25.4 Å². The quantitative estimate of drug-likeness (QED) is 0.379. The van der Waals surface area contributed by atoms with Crippen molar-refractivity contribution in [3.05, 3.63) is 35.4 Å². The van der Waals surface area contributed by atoms with Crippen molar-refractivity contribution in [1.82, 2.24) is 15.1 Å². The van der Waals surface area contributed by atoms with E-state index in [2.05, 4.69) is 10.3 Å². The lowest BCUT2D eigenvalue weighted by Crippen LogP contribution is -2.35. The fourth-order valence-electron chi connectivity index (χ4n) is 2.24. The molecule has 1 aromatic rings. The van der Waals surface area contributed by atoms with Crippen molar-refractivity contribution >= 4 is 35.8 Å². The standard InChI is InChI=1S/C17H27N5O.HI/c1-21(2)10-9-19-16(23)14-6-4-5-13(11-14)12-20-17(18)22(3)15-7-8-15;/h4-6,11,15H,7-10,12H2,1-3H3,(H2,18,20)(H,19,23);1H. The van der Waals surface area contributed by atoms with E-state index in [1.54, 1.807) is 0 Å². The van der Waals surface area contributed by atoms with E-state index in [-0.39, 0.29) is 29.9 Å². The molecule has 3 N–H and O–H groups in total. The Balaban J connectivity index is 0.00000288. The number of aliphatic imine (C=N–C) groups is 1. The number of carbonyl (C=O) groups is 1. The van der Waals surface area contributed by atoms with Gasteiger partial charge >= 0.3 is 0 Å². The number of nitrogens with two attached hydrogens (primary N) is 1. The molecule has 134 valence electrons. The molecule has 1 saturated carbocycles. The second-order valence-corrected chi connectivity index (χ2v) is 6.28. The molecule has 1 fully saturated rings. The van der Waals surface area contributed by atoms with Crippen LogP contribution in [0.15, 0.2) is 29.3 Å². The molecule has 0 aliphatic heterocycles. The fraction of sp³-hybridized carbons (Fsp3) is 0.529. The minimum absolute atomic E-state index is 0. The van der Waals surface area contributed by atoms with Crippen LogP contribution in [0.3, 0.4) is 0 Å². The van der Waals surface area contributed by atoms with Crippen LogP contribution in [0.2, 0.25) is 0 Å². The molecule has 0 atom stereocenters. The topological polar surface area (TPSA) is 74.0 Å². The van der Waals surface area contributed by atoms with Gasteiger partial charge in [-0.25, -0.2) is 4.99 Å². The summed E-state index contributed by atoms with van der Waals surface area (Å²) in [7, 11) is 5.94. The van der Waals surface area contributed by atoms with E-state index in [1.807, 2.05) is 55.2 Å². The number of likely N-dealkylation sites (N-methyl/N-ethyl adjacent to an activating group) is 1. The van der Waals surface area contributed by atoms with Crippen LogP contribution in [0.5, 0.6) is 0 Å². The van der Waals surface area contributed by atoms with E-state index >= 15 is 0 Å². The molecule has 0 heterocycles. The van der Waals surface area contributed by atoms with E-state index in [4.69, 9.17) is 5.73 Å². The van der Waals surface area contributed by atoms with Gasteiger partial charge in [-0.3, -0.25) is 4.79 Å². The highest BCUT2D eigenvalue weighted by Gasteiger charge is 2.27. The van der Waals surface area contributed by atoms with E-state index < -0.39 is 0 Å². The average molecular weight is 445 g/mol. The highest BCUT2D eigenvalue weighted by Crippen LogP contribution is 2.24. The van der Waals surface area contributed by atoms with Gasteiger partial charge in [0.25, 0.3) is 5.91 Å². The van der Waals surface area contributed by atoms with Gasteiger partial charge in [0.05, 0.1) is 6.54 Å². The van der Waals surface area contributed by atoms with Crippen LogP contribution in [-0.4, -0.2) is 61.9 Å². The number of nitrogens with zero attached hydrogens (tertiary/aromatic N) is 3. The van der Waals surface area contributed by atoms with Gasteiger partial charge in [0.15, 0.2) is 5.96 Å². The zero-order valence-corrected chi connectivity index (χ0v) is 17.0. The van der Waals surface area contributed by atoms with E-state index in [0.29, 0.717) is 30.7 Å². The third-order valence-electron chi connectivity index (χ3n) is 3.91. The van der Waals surface area contributed by atoms with Crippen LogP contribution in [0.4, 0.5) is 0 Å². The summed E-state index contributed by atoms with van der Waals surface area (Å²) in [5.41, 5.74) is 7.63. The summed E-state index contributed by atoms with van der Waals surface area (Å²) in [6.07, 6.45) is 2.38. The molecule has 0 radical (unpaired) electrons. The Labute approximate surface area is 161 Å². The number of amides is 1. The van der Waals surface area contributed by atoms with Crippen LogP contribution in [0, 0.1) is 0 Å². The second kappa shape index (κ2) is 9.83.